The minimum Gasteiger partial charge on any atom is -0.454 e. The van der Waals surface area contributed by atoms with Crippen LogP contribution in [-0.4, -0.2) is 32.8 Å². The van der Waals surface area contributed by atoms with Crippen molar-refractivity contribution in [2.24, 2.45) is 0 Å². The summed E-state index contributed by atoms with van der Waals surface area (Å²) in [6.45, 7) is 3.24. The summed E-state index contributed by atoms with van der Waals surface area (Å²) in [6.07, 6.45) is 4.04. The van der Waals surface area contributed by atoms with Gasteiger partial charge in [-0.2, -0.15) is 0 Å². The molecule has 0 amide bonds. The summed E-state index contributed by atoms with van der Waals surface area (Å²) >= 11 is 1.45. The SMILES string of the molecule is Cc1cc(C(=O)COC(=O)/C=C/c2ccccc2[N+](=O)[O-])c(C)n1-c1nccs1. The van der Waals surface area contributed by atoms with Gasteiger partial charge in [-0.1, -0.05) is 12.1 Å². The highest BCUT2D eigenvalue weighted by atomic mass is 32.1. The Kier molecular flexibility index (Phi) is 5.99. The Balaban J connectivity index is 1.67. The zero-order valence-electron chi connectivity index (χ0n) is 15.7. The van der Waals surface area contributed by atoms with Gasteiger partial charge in [-0.05, 0) is 32.1 Å². The fourth-order valence-corrected chi connectivity index (χ4v) is 3.63. The molecule has 0 saturated carbocycles. The number of rotatable bonds is 7. The number of esters is 1. The third-order valence-corrected chi connectivity index (χ3v) is 4.98. The van der Waals surface area contributed by atoms with Gasteiger partial charge >= 0.3 is 5.97 Å². The van der Waals surface area contributed by atoms with Crippen LogP contribution >= 0.6 is 11.3 Å². The summed E-state index contributed by atoms with van der Waals surface area (Å²) in [7, 11) is 0. The molecule has 29 heavy (non-hydrogen) atoms. The zero-order chi connectivity index (χ0) is 21.0. The van der Waals surface area contributed by atoms with Crippen molar-refractivity contribution >= 4 is 34.9 Å². The van der Waals surface area contributed by atoms with E-state index in [9.17, 15) is 19.7 Å². The van der Waals surface area contributed by atoms with E-state index in [1.807, 2.05) is 16.9 Å². The predicted octanol–water partition coefficient (Wildman–Crippen LogP) is 3.90. The molecule has 0 bridgehead atoms. The Morgan fingerprint density at radius 1 is 1.31 bits per heavy atom. The van der Waals surface area contributed by atoms with Gasteiger partial charge in [-0.15, -0.1) is 11.3 Å². The normalized spacial score (nSPS) is 11.0. The van der Waals surface area contributed by atoms with Crippen LogP contribution in [0.1, 0.15) is 27.3 Å². The number of aryl methyl sites for hydroxylation is 1. The van der Waals surface area contributed by atoms with E-state index in [1.54, 1.807) is 25.3 Å². The van der Waals surface area contributed by atoms with Crippen molar-refractivity contribution in [2.45, 2.75) is 13.8 Å². The molecule has 0 saturated heterocycles. The van der Waals surface area contributed by atoms with Crippen molar-refractivity contribution in [1.82, 2.24) is 9.55 Å². The number of Topliss-reactive ketones (excluding diaryl/α,β-unsaturated/α-hetero) is 1. The number of thiazole rings is 1. The zero-order valence-corrected chi connectivity index (χ0v) is 16.5. The van der Waals surface area contributed by atoms with Gasteiger partial charge < -0.3 is 4.74 Å². The second-order valence-corrected chi connectivity index (χ2v) is 6.99. The fraction of sp³-hybridized carbons (Fsp3) is 0.150. The number of aromatic nitrogens is 2. The number of carbonyl (C=O) groups excluding carboxylic acids is 2. The van der Waals surface area contributed by atoms with E-state index >= 15 is 0 Å². The highest BCUT2D eigenvalue weighted by molar-refractivity contribution is 7.12. The van der Waals surface area contributed by atoms with E-state index in [2.05, 4.69) is 4.98 Å². The summed E-state index contributed by atoms with van der Waals surface area (Å²) in [5, 5.41) is 13.6. The molecule has 0 aliphatic carbocycles. The van der Waals surface area contributed by atoms with Crippen LogP contribution in [0.5, 0.6) is 0 Å². The van der Waals surface area contributed by atoms with Crippen LogP contribution in [0, 0.1) is 24.0 Å². The summed E-state index contributed by atoms with van der Waals surface area (Å²) in [5.41, 5.74) is 2.17. The lowest BCUT2D eigenvalue weighted by Gasteiger charge is -2.05. The van der Waals surface area contributed by atoms with Gasteiger partial charge in [0.2, 0.25) is 5.78 Å². The molecule has 0 aliphatic rings. The van der Waals surface area contributed by atoms with Crippen molar-refractivity contribution in [3.8, 4) is 5.13 Å². The van der Waals surface area contributed by atoms with Crippen molar-refractivity contribution in [3.63, 3.8) is 0 Å². The maximum atomic E-state index is 12.5. The molecular formula is C20H17N3O5S. The lowest BCUT2D eigenvalue weighted by Crippen LogP contribution is -2.13. The number of carbonyl (C=O) groups is 2. The van der Waals surface area contributed by atoms with E-state index < -0.39 is 17.5 Å². The number of nitrogens with zero attached hydrogens (tertiary/aromatic N) is 3. The van der Waals surface area contributed by atoms with Gasteiger partial charge in [-0.25, -0.2) is 9.78 Å². The summed E-state index contributed by atoms with van der Waals surface area (Å²) in [5.74, 6) is -1.10. The molecule has 9 heteroatoms. The first-order valence-corrected chi connectivity index (χ1v) is 9.46. The first-order valence-electron chi connectivity index (χ1n) is 8.58. The second-order valence-electron chi connectivity index (χ2n) is 6.12. The monoisotopic (exact) mass is 411 g/mol. The largest absolute Gasteiger partial charge is 0.454 e. The maximum Gasteiger partial charge on any atom is 0.331 e. The molecule has 0 spiro atoms. The molecule has 3 aromatic rings. The van der Waals surface area contributed by atoms with Crippen LogP contribution in [0.2, 0.25) is 0 Å². The first kappa shape index (κ1) is 20.2. The molecule has 0 atom stereocenters. The number of benzene rings is 1. The first-order chi connectivity index (χ1) is 13.9. The summed E-state index contributed by atoms with van der Waals surface area (Å²) in [6, 6.07) is 7.75. The summed E-state index contributed by atoms with van der Waals surface area (Å²) in [4.78, 5) is 39.1. The number of hydrogen-bond acceptors (Lipinski definition) is 7. The Hall–Kier alpha value is -3.59. The lowest BCUT2D eigenvalue weighted by molar-refractivity contribution is -0.385. The molecule has 148 valence electrons. The highest BCUT2D eigenvalue weighted by Crippen LogP contribution is 2.23. The molecule has 1 aromatic carbocycles. The molecule has 2 aromatic heterocycles. The number of nitro groups is 1. The number of ether oxygens (including phenoxy) is 1. The average Bonchev–Trinajstić information content (AvgIpc) is 3.32. The van der Waals surface area contributed by atoms with Gasteiger partial charge in [0.25, 0.3) is 5.69 Å². The van der Waals surface area contributed by atoms with E-state index in [1.165, 1.54) is 35.6 Å². The molecule has 0 unspecified atom stereocenters. The summed E-state index contributed by atoms with van der Waals surface area (Å²) < 4.78 is 6.88. The van der Waals surface area contributed by atoms with Crippen LogP contribution < -0.4 is 0 Å². The molecule has 0 radical (unpaired) electrons. The van der Waals surface area contributed by atoms with Crippen LogP contribution in [0.15, 0.2) is 48.0 Å². The van der Waals surface area contributed by atoms with E-state index in [0.29, 0.717) is 11.3 Å². The smallest absolute Gasteiger partial charge is 0.331 e. The van der Waals surface area contributed by atoms with Gasteiger partial charge in [0.15, 0.2) is 11.7 Å². The third kappa shape index (κ3) is 4.46. The number of nitro benzene ring substituents is 1. The molecule has 3 rings (SSSR count). The fourth-order valence-electron chi connectivity index (χ4n) is 2.88. The van der Waals surface area contributed by atoms with Crippen LogP contribution in [0.25, 0.3) is 11.2 Å². The standard InChI is InChI=1S/C20H17N3O5S/c1-13-11-16(14(2)22(13)20-21-9-10-29-20)18(24)12-28-19(25)8-7-15-5-3-4-6-17(15)23(26)27/h3-11H,12H2,1-2H3/b8-7+. The highest BCUT2D eigenvalue weighted by Gasteiger charge is 2.19. The van der Waals surface area contributed by atoms with E-state index in [0.717, 1.165) is 16.9 Å². The molecule has 0 N–H and O–H groups in total. The molecule has 0 fully saturated rings. The van der Waals surface area contributed by atoms with Gasteiger partial charge in [0, 0.05) is 40.7 Å². The van der Waals surface area contributed by atoms with Crippen molar-refractivity contribution in [2.75, 3.05) is 6.61 Å². The number of hydrogen-bond donors (Lipinski definition) is 0. The quantitative estimate of drug-likeness (QED) is 0.192. The van der Waals surface area contributed by atoms with Crippen LogP contribution in [0.4, 0.5) is 5.69 Å². The second kappa shape index (κ2) is 8.61. The van der Waals surface area contributed by atoms with Crippen molar-refractivity contribution in [3.05, 3.63) is 80.6 Å². The Morgan fingerprint density at radius 3 is 2.76 bits per heavy atom. The predicted molar refractivity (Wildman–Crippen MR) is 108 cm³/mol. The number of para-hydroxylation sites is 1. The molecule has 2 heterocycles. The third-order valence-electron chi connectivity index (χ3n) is 4.22. The number of ketones is 1. The van der Waals surface area contributed by atoms with Gasteiger partial charge in [-0.3, -0.25) is 19.5 Å². The van der Waals surface area contributed by atoms with Crippen LogP contribution in [0.3, 0.4) is 0 Å². The van der Waals surface area contributed by atoms with E-state index in [4.69, 9.17) is 4.74 Å². The van der Waals surface area contributed by atoms with Crippen LogP contribution in [-0.2, 0) is 9.53 Å². The molecular weight excluding hydrogens is 394 g/mol. The van der Waals surface area contributed by atoms with Gasteiger partial charge in [0.1, 0.15) is 0 Å². The lowest BCUT2D eigenvalue weighted by atomic mass is 10.1. The Morgan fingerprint density at radius 2 is 2.07 bits per heavy atom. The van der Waals surface area contributed by atoms with Gasteiger partial charge in [0.05, 0.1) is 10.5 Å². The maximum absolute atomic E-state index is 12.5. The minimum absolute atomic E-state index is 0.123. The van der Waals surface area contributed by atoms with E-state index in [-0.39, 0.29) is 17.0 Å². The minimum atomic E-state index is -0.759. The Bertz CT molecular complexity index is 1100. The Labute approximate surface area is 170 Å². The van der Waals surface area contributed by atoms with Crippen molar-refractivity contribution in [1.29, 1.82) is 0 Å². The molecule has 8 nitrogen and oxygen atoms in total. The average molecular weight is 411 g/mol. The van der Waals surface area contributed by atoms with Crippen molar-refractivity contribution < 1.29 is 19.2 Å². The topological polar surface area (TPSA) is 104 Å². The molecule has 0 aliphatic heterocycles.